The Labute approximate surface area is 166 Å². The molecule has 2 heteroatoms. The van der Waals surface area contributed by atoms with Crippen LogP contribution in [-0.2, 0) is 19.3 Å². The second kappa shape index (κ2) is 8.23. The van der Waals surface area contributed by atoms with Gasteiger partial charge < -0.3 is 0 Å². The number of carbonyl (C=O) groups is 1. The Bertz CT molecular complexity index is 1060. The quantitative estimate of drug-likeness (QED) is 0.537. The van der Waals surface area contributed by atoms with Gasteiger partial charge >= 0.3 is 0 Å². The highest BCUT2D eigenvalue weighted by molar-refractivity contribution is 5.98. The van der Waals surface area contributed by atoms with Gasteiger partial charge in [-0.3, -0.25) is 4.79 Å². The van der Waals surface area contributed by atoms with Crippen LogP contribution in [0.4, 0.5) is 0 Å². The van der Waals surface area contributed by atoms with Crippen LogP contribution >= 0.6 is 0 Å². The summed E-state index contributed by atoms with van der Waals surface area (Å²) in [5, 5.41) is 9.17. The highest BCUT2D eigenvalue weighted by Crippen LogP contribution is 2.27. The van der Waals surface area contributed by atoms with Crippen LogP contribution < -0.4 is 0 Å². The molecule has 28 heavy (non-hydrogen) atoms. The molecule has 4 rings (SSSR count). The van der Waals surface area contributed by atoms with Crippen molar-refractivity contribution >= 4 is 5.78 Å². The van der Waals surface area contributed by atoms with Gasteiger partial charge in [0.1, 0.15) is 0 Å². The number of ketones is 1. The summed E-state index contributed by atoms with van der Waals surface area (Å²) in [6.45, 7) is 0. The van der Waals surface area contributed by atoms with Crippen molar-refractivity contribution < 1.29 is 4.79 Å². The van der Waals surface area contributed by atoms with E-state index in [0.717, 1.165) is 54.4 Å². The Morgan fingerprint density at radius 2 is 1.39 bits per heavy atom. The highest BCUT2D eigenvalue weighted by Gasteiger charge is 2.15. The summed E-state index contributed by atoms with van der Waals surface area (Å²) in [7, 11) is 0. The molecule has 0 amide bonds. The molecule has 0 fully saturated rings. The molecule has 138 valence electrons. The summed E-state index contributed by atoms with van der Waals surface area (Å²) in [5.41, 5.74) is 7.30. The predicted octanol–water partition coefficient (Wildman–Crippen LogP) is 5.92. The number of rotatable bonds is 1. The molecule has 0 unspecified atom stereocenters. The van der Waals surface area contributed by atoms with Gasteiger partial charge in [-0.05, 0) is 78.1 Å². The maximum absolute atomic E-state index is 13.1. The number of aryl methyl sites for hydroxylation is 3. The van der Waals surface area contributed by atoms with Crippen molar-refractivity contribution in [3.8, 4) is 17.2 Å². The van der Waals surface area contributed by atoms with Crippen molar-refractivity contribution in [3.05, 3.63) is 94.5 Å². The molecule has 2 nitrogen and oxygen atoms in total. The van der Waals surface area contributed by atoms with Crippen LogP contribution in [0.5, 0.6) is 0 Å². The largest absolute Gasteiger partial charge is 0.294 e. The van der Waals surface area contributed by atoms with E-state index in [9.17, 15) is 10.1 Å². The van der Waals surface area contributed by atoms with E-state index in [-0.39, 0.29) is 5.78 Å². The lowest BCUT2D eigenvalue weighted by Gasteiger charge is -2.11. The molecule has 0 aromatic heterocycles. The van der Waals surface area contributed by atoms with Gasteiger partial charge in [-0.1, -0.05) is 48.5 Å². The Hall–Kier alpha value is -3.18. The average molecular weight is 365 g/mol. The van der Waals surface area contributed by atoms with Gasteiger partial charge in [0.15, 0.2) is 5.78 Å². The number of fused-ring (bicyclic) bond motifs is 2. The van der Waals surface area contributed by atoms with Gasteiger partial charge in [-0.25, -0.2) is 0 Å². The number of Topliss-reactive ketones (excluding diaryl/α,β-unsaturated/α-hetero) is 1. The third-order valence-electron chi connectivity index (χ3n) is 5.62. The maximum Gasteiger partial charge on any atom is 0.163 e. The Morgan fingerprint density at radius 3 is 2.18 bits per heavy atom. The van der Waals surface area contributed by atoms with Crippen molar-refractivity contribution in [2.75, 3.05) is 0 Å². The third-order valence-corrected chi connectivity index (χ3v) is 5.62. The molecule has 0 spiro atoms. The second-order valence-electron chi connectivity index (χ2n) is 7.46. The minimum Gasteiger partial charge on any atom is -0.294 e. The molecular formula is C26H23NO. The first-order valence-corrected chi connectivity index (χ1v) is 9.98. The number of nitriles is 1. The van der Waals surface area contributed by atoms with Gasteiger partial charge in [-0.2, -0.15) is 5.26 Å². The van der Waals surface area contributed by atoms with Gasteiger partial charge in [0.2, 0.25) is 0 Å². The van der Waals surface area contributed by atoms with Gasteiger partial charge in [-0.15, -0.1) is 0 Å². The molecule has 1 aliphatic rings. The molecule has 3 aromatic rings. The number of carbonyl (C=O) groups excluding carboxylic acids is 1. The minimum atomic E-state index is 0.213. The topological polar surface area (TPSA) is 40.9 Å². The van der Waals surface area contributed by atoms with Gasteiger partial charge in [0.05, 0.1) is 11.6 Å². The normalized spacial score (nSPS) is 14.3. The summed E-state index contributed by atoms with van der Waals surface area (Å²) in [6, 6.07) is 24.5. The van der Waals surface area contributed by atoms with E-state index in [0.29, 0.717) is 12.0 Å². The lowest BCUT2D eigenvalue weighted by Crippen LogP contribution is -2.06. The maximum atomic E-state index is 13.1. The number of benzene rings is 3. The van der Waals surface area contributed by atoms with Crippen molar-refractivity contribution in [1.29, 1.82) is 5.26 Å². The highest BCUT2D eigenvalue weighted by atomic mass is 16.1. The van der Waals surface area contributed by atoms with Gasteiger partial charge in [0, 0.05) is 12.0 Å². The lowest BCUT2D eigenvalue weighted by molar-refractivity contribution is 0.0982. The average Bonchev–Trinajstić information content (AvgIpc) is 2.78. The first-order valence-electron chi connectivity index (χ1n) is 9.98. The minimum absolute atomic E-state index is 0.213. The smallest absolute Gasteiger partial charge is 0.163 e. The summed E-state index contributed by atoms with van der Waals surface area (Å²) in [4.78, 5) is 13.1. The zero-order valence-corrected chi connectivity index (χ0v) is 15.9. The van der Waals surface area contributed by atoms with Crippen molar-refractivity contribution in [3.63, 3.8) is 0 Å². The lowest BCUT2D eigenvalue weighted by atomic mass is 9.92. The van der Waals surface area contributed by atoms with Crippen molar-refractivity contribution in [2.24, 2.45) is 0 Å². The molecule has 1 aliphatic carbocycles. The van der Waals surface area contributed by atoms with E-state index >= 15 is 0 Å². The summed E-state index contributed by atoms with van der Waals surface area (Å²) >= 11 is 0. The standard InChI is InChI=1S/C26H23NO/c27-18-19-6-5-11-23(16-19)24-13-12-22-10-4-3-8-20-7-1-2-9-21(20)14-15-26(28)25(22)17-24/h1-2,5-7,9,11-13,16-17H,3-4,8,10,14-15H2. The Morgan fingerprint density at radius 1 is 0.679 bits per heavy atom. The summed E-state index contributed by atoms with van der Waals surface area (Å²) in [5.74, 6) is 0.213. The van der Waals surface area contributed by atoms with Crippen LogP contribution in [-0.4, -0.2) is 5.78 Å². The van der Waals surface area contributed by atoms with E-state index in [2.05, 4.69) is 42.5 Å². The second-order valence-corrected chi connectivity index (χ2v) is 7.46. The molecule has 0 atom stereocenters. The molecule has 0 radical (unpaired) electrons. The summed E-state index contributed by atoms with van der Waals surface area (Å²) < 4.78 is 0. The number of hydrogen-bond donors (Lipinski definition) is 0. The SMILES string of the molecule is N#Cc1cccc(-c2ccc3c(c2)C(=O)CCc2ccccc2CCCC3)c1. The van der Waals surface area contributed by atoms with E-state index in [1.165, 1.54) is 11.1 Å². The molecule has 0 N–H and O–H groups in total. The van der Waals surface area contributed by atoms with E-state index < -0.39 is 0 Å². The van der Waals surface area contributed by atoms with Crippen LogP contribution in [0.15, 0.2) is 66.7 Å². The monoisotopic (exact) mass is 365 g/mol. The third kappa shape index (κ3) is 3.89. The van der Waals surface area contributed by atoms with Crippen LogP contribution in [0.3, 0.4) is 0 Å². The molecule has 0 bridgehead atoms. The first-order chi connectivity index (χ1) is 13.7. The number of nitrogens with zero attached hydrogens (tertiary/aromatic N) is 1. The molecule has 0 saturated carbocycles. The van der Waals surface area contributed by atoms with E-state index in [1.807, 2.05) is 24.3 Å². The molecule has 3 aromatic carbocycles. The van der Waals surface area contributed by atoms with E-state index in [4.69, 9.17) is 0 Å². The van der Waals surface area contributed by atoms with Crippen LogP contribution in [0.1, 0.15) is 51.9 Å². The van der Waals surface area contributed by atoms with Gasteiger partial charge in [0.25, 0.3) is 0 Å². The van der Waals surface area contributed by atoms with Crippen LogP contribution in [0.2, 0.25) is 0 Å². The molecule has 0 saturated heterocycles. The fourth-order valence-corrected chi connectivity index (χ4v) is 4.06. The Balaban J connectivity index is 1.69. The predicted molar refractivity (Wildman–Crippen MR) is 112 cm³/mol. The first kappa shape index (κ1) is 18.2. The molecule has 0 aliphatic heterocycles. The van der Waals surface area contributed by atoms with Crippen molar-refractivity contribution in [1.82, 2.24) is 0 Å². The zero-order valence-electron chi connectivity index (χ0n) is 15.9. The number of hydrogen-bond acceptors (Lipinski definition) is 2. The van der Waals surface area contributed by atoms with Crippen LogP contribution in [0, 0.1) is 11.3 Å². The van der Waals surface area contributed by atoms with Crippen LogP contribution in [0.25, 0.3) is 11.1 Å². The summed E-state index contributed by atoms with van der Waals surface area (Å²) in [6.07, 6.45) is 5.56. The molecule has 0 heterocycles. The Kier molecular flexibility index (Phi) is 5.35. The van der Waals surface area contributed by atoms with E-state index in [1.54, 1.807) is 6.07 Å². The van der Waals surface area contributed by atoms with Crippen molar-refractivity contribution in [2.45, 2.75) is 38.5 Å². The molecular weight excluding hydrogens is 342 g/mol. The zero-order chi connectivity index (χ0) is 19.3. The fourth-order valence-electron chi connectivity index (χ4n) is 4.06. The fraction of sp³-hybridized carbons (Fsp3) is 0.231.